The van der Waals surface area contributed by atoms with Crippen molar-refractivity contribution in [3.8, 4) is 5.75 Å². The summed E-state index contributed by atoms with van der Waals surface area (Å²) in [4.78, 5) is 33.0. The molecule has 0 saturated carbocycles. The highest BCUT2D eigenvalue weighted by atomic mass is 16.5. The highest BCUT2D eigenvalue weighted by molar-refractivity contribution is 5.97. The van der Waals surface area contributed by atoms with E-state index < -0.39 is 6.04 Å². The topological polar surface area (TPSA) is 76.0 Å². The van der Waals surface area contributed by atoms with Crippen LogP contribution in [0.1, 0.15) is 31.1 Å². The van der Waals surface area contributed by atoms with Gasteiger partial charge in [0.25, 0.3) is 5.91 Å². The van der Waals surface area contributed by atoms with Crippen LogP contribution in [0.3, 0.4) is 0 Å². The van der Waals surface area contributed by atoms with Crippen molar-refractivity contribution in [2.24, 2.45) is 5.92 Å². The van der Waals surface area contributed by atoms with Gasteiger partial charge in [-0.2, -0.15) is 0 Å². The molecule has 1 atom stereocenters. The third-order valence-corrected chi connectivity index (χ3v) is 5.30. The highest BCUT2D eigenvalue weighted by Crippen LogP contribution is 2.17. The molecule has 0 bridgehead atoms. The van der Waals surface area contributed by atoms with Crippen LogP contribution in [-0.4, -0.2) is 55.5 Å². The second kappa shape index (κ2) is 10.1. The third kappa shape index (κ3) is 5.28. The summed E-state index contributed by atoms with van der Waals surface area (Å²) < 4.78 is 5.42. The largest absolute Gasteiger partial charge is 0.494 e. The number of nitrogens with one attached hydrogen (secondary N) is 2. The number of ether oxygens (including phenoxy) is 1. The SMILES string of the molecule is CCOc1ccc(C(=O)N[C@H](C(=O)N2CCN(c3cc[nH+]cc3)CC2)C(C)C)cc1. The van der Waals surface area contributed by atoms with Crippen molar-refractivity contribution in [3.63, 3.8) is 0 Å². The van der Waals surface area contributed by atoms with E-state index in [1.807, 2.05) is 50.2 Å². The van der Waals surface area contributed by atoms with E-state index in [1.54, 1.807) is 24.3 Å². The number of benzene rings is 1. The summed E-state index contributed by atoms with van der Waals surface area (Å²) in [6.45, 7) is 9.22. The minimum atomic E-state index is -0.554. The number of aromatic nitrogens is 1. The molecule has 30 heavy (non-hydrogen) atoms. The first-order valence-electron chi connectivity index (χ1n) is 10.5. The van der Waals surface area contributed by atoms with Crippen LogP contribution in [0, 0.1) is 5.92 Å². The molecule has 3 rings (SSSR count). The van der Waals surface area contributed by atoms with Gasteiger partial charge in [-0.05, 0) is 37.1 Å². The van der Waals surface area contributed by atoms with E-state index in [4.69, 9.17) is 4.74 Å². The fourth-order valence-electron chi connectivity index (χ4n) is 3.58. The molecule has 1 aromatic heterocycles. The van der Waals surface area contributed by atoms with Gasteiger partial charge >= 0.3 is 0 Å². The fourth-order valence-corrected chi connectivity index (χ4v) is 3.58. The average molecular weight is 412 g/mol. The number of aromatic amines is 1. The first kappa shape index (κ1) is 21.6. The molecule has 1 aliphatic rings. The van der Waals surface area contributed by atoms with Gasteiger partial charge in [-0.15, -0.1) is 0 Å². The van der Waals surface area contributed by atoms with Gasteiger partial charge in [0.15, 0.2) is 12.4 Å². The predicted molar refractivity (Wildman–Crippen MR) is 115 cm³/mol. The van der Waals surface area contributed by atoms with Crippen molar-refractivity contribution in [1.82, 2.24) is 10.2 Å². The van der Waals surface area contributed by atoms with Crippen molar-refractivity contribution in [1.29, 1.82) is 0 Å². The number of rotatable bonds is 7. The molecule has 160 valence electrons. The van der Waals surface area contributed by atoms with Gasteiger partial charge in [-0.3, -0.25) is 9.59 Å². The van der Waals surface area contributed by atoms with Crippen LogP contribution in [0.2, 0.25) is 0 Å². The van der Waals surface area contributed by atoms with Gasteiger partial charge in [0.2, 0.25) is 5.91 Å². The van der Waals surface area contributed by atoms with Crippen LogP contribution in [0.25, 0.3) is 0 Å². The molecule has 7 heteroatoms. The maximum atomic E-state index is 13.2. The first-order chi connectivity index (χ1) is 14.5. The van der Waals surface area contributed by atoms with Crippen LogP contribution in [-0.2, 0) is 4.79 Å². The van der Waals surface area contributed by atoms with E-state index in [2.05, 4.69) is 15.2 Å². The van der Waals surface area contributed by atoms with Crippen molar-refractivity contribution in [2.75, 3.05) is 37.7 Å². The number of amides is 2. The molecule has 0 radical (unpaired) electrons. The van der Waals surface area contributed by atoms with E-state index in [9.17, 15) is 9.59 Å². The highest BCUT2D eigenvalue weighted by Gasteiger charge is 2.31. The summed E-state index contributed by atoms with van der Waals surface area (Å²) in [6.07, 6.45) is 3.80. The molecule has 0 spiro atoms. The van der Waals surface area contributed by atoms with Gasteiger partial charge in [-0.1, -0.05) is 13.8 Å². The fraction of sp³-hybridized carbons (Fsp3) is 0.435. The monoisotopic (exact) mass is 411 g/mol. The minimum absolute atomic E-state index is 0.00756. The molecule has 2 amide bonds. The normalized spacial score (nSPS) is 15.1. The third-order valence-electron chi connectivity index (χ3n) is 5.30. The summed E-state index contributed by atoms with van der Waals surface area (Å²) in [7, 11) is 0. The number of carbonyl (C=O) groups is 2. The minimum Gasteiger partial charge on any atom is -0.494 e. The second-order valence-electron chi connectivity index (χ2n) is 7.72. The summed E-state index contributed by atoms with van der Waals surface area (Å²) in [5, 5.41) is 2.94. The molecule has 2 aromatic rings. The number of nitrogens with zero attached hydrogens (tertiary/aromatic N) is 2. The van der Waals surface area contributed by atoms with Gasteiger partial charge in [0, 0.05) is 49.6 Å². The molecule has 1 saturated heterocycles. The van der Waals surface area contributed by atoms with E-state index >= 15 is 0 Å². The molecule has 0 unspecified atom stereocenters. The smallest absolute Gasteiger partial charge is 0.251 e. The Morgan fingerprint density at radius 1 is 1.03 bits per heavy atom. The molecule has 2 heterocycles. The second-order valence-corrected chi connectivity index (χ2v) is 7.72. The number of piperazine rings is 1. The zero-order valence-corrected chi connectivity index (χ0v) is 17.9. The maximum absolute atomic E-state index is 13.2. The van der Waals surface area contributed by atoms with E-state index in [1.165, 1.54) is 0 Å². The zero-order chi connectivity index (χ0) is 21.5. The van der Waals surface area contributed by atoms with Gasteiger partial charge in [-0.25, -0.2) is 4.98 Å². The molecule has 1 aliphatic heterocycles. The molecule has 1 fully saturated rings. The molecule has 7 nitrogen and oxygen atoms in total. The Morgan fingerprint density at radius 2 is 1.67 bits per heavy atom. The van der Waals surface area contributed by atoms with Crippen molar-refractivity contribution >= 4 is 17.5 Å². The molecule has 1 aromatic carbocycles. The lowest BCUT2D eigenvalue weighted by Crippen LogP contribution is -2.56. The Balaban J connectivity index is 1.60. The van der Waals surface area contributed by atoms with Crippen LogP contribution in [0.15, 0.2) is 48.8 Å². The Kier molecular flexibility index (Phi) is 7.27. The quantitative estimate of drug-likeness (QED) is 0.756. The molecule has 2 N–H and O–H groups in total. The lowest BCUT2D eigenvalue weighted by molar-refractivity contribution is -0.377. The molecular formula is C23H31N4O3+. The van der Waals surface area contributed by atoms with Crippen LogP contribution in [0.4, 0.5) is 5.69 Å². The first-order valence-corrected chi connectivity index (χ1v) is 10.5. The zero-order valence-electron chi connectivity index (χ0n) is 17.9. The molecule has 0 aliphatic carbocycles. The lowest BCUT2D eigenvalue weighted by Gasteiger charge is -2.38. The van der Waals surface area contributed by atoms with E-state index in [-0.39, 0.29) is 17.7 Å². The predicted octanol–water partition coefficient (Wildman–Crippen LogP) is 2.00. The number of carbonyl (C=O) groups excluding carboxylic acids is 2. The summed E-state index contributed by atoms with van der Waals surface area (Å²) in [5.74, 6) is 0.446. The summed E-state index contributed by atoms with van der Waals surface area (Å²) in [5.41, 5.74) is 1.66. The number of anilines is 1. The Morgan fingerprint density at radius 3 is 2.23 bits per heavy atom. The number of hydrogen-bond acceptors (Lipinski definition) is 4. The maximum Gasteiger partial charge on any atom is 0.251 e. The van der Waals surface area contributed by atoms with Gasteiger partial charge < -0.3 is 19.9 Å². The van der Waals surface area contributed by atoms with E-state index in [0.717, 1.165) is 24.5 Å². The van der Waals surface area contributed by atoms with Crippen LogP contribution < -0.4 is 19.9 Å². The standard InChI is InChI=1S/C23H30N4O3/c1-4-30-20-7-5-18(6-8-20)22(28)25-21(17(2)3)23(29)27-15-13-26(14-16-27)19-9-11-24-12-10-19/h5-12,17,21H,4,13-16H2,1-3H3,(H,25,28)/p+1/t21-/m0/s1. The van der Waals surface area contributed by atoms with Gasteiger partial charge in [0.05, 0.1) is 6.61 Å². The molecular weight excluding hydrogens is 380 g/mol. The number of hydrogen-bond donors (Lipinski definition) is 1. The van der Waals surface area contributed by atoms with Crippen molar-refractivity contribution < 1.29 is 19.3 Å². The van der Waals surface area contributed by atoms with Gasteiger partial charge in [0.1, 0.15) is 11.8 Å². The van der Waals surface area contributed by atoms with Crippen molar-refractivity contribution in [3.05, 3.63) is 54.4 Å². The average Bonchev–Trinajstić information content (AvgIpc) is 2.78. The Hall–Kier alpha value is -3.09. The number of H-pyrrole nitrogens is 1. The number of pyridine rings is 1. The summed E-state index contributed by atoms with van der Waals surface area (Å²) >= 11 is 0. The Bertz CT molecular complexity index is 831. The Labute approximate surface area is 178 Å². The van der Waals surface area contributed by atoms with Crippen LogP contribution in [0.5, 0.6) is 5.75 Å². The lowest BCUT2D eigenvalue weighted by atomic mass is 10.0. The van der Waals surface area contributed by atoms with Crippen molar-refractivity contribution in [2.45, 2.75) is 26.8 Å². The van der Waals surface area contributed by atoms with Crippen LogP contribution >= 0.6 is 0 Å². The summed E-state index contributed by atoms with van der Waals surface area (Å²) in [6, 6.07) is 10.5. The van der Waals surface area contributed by atoms with E-state index in [0.29, 0.717) is 25.3 Å².